The van der Waals surface area contributed by atoms with Crippen LogP contribution >= 0.6 is 11.6 Å². The molecule has 0 aromatic heterocycles. The van der Waals surface area contributed by atoms with Crippen molar-refractivity contribution in [3.63, 3.8) is 0 Å². The van der Waals surface area contributed by atoms with Gasteiger partial charge in [0.2, 0.25) is 6.79 Å². The lowest BCUT2D eigenvalue weighted by atomic mass is 9.99. The van der Waals surface area contributed by atoms with Gasteiger partial charge in [-0.05, 0) is 44.0 Å². The number of fused-ring (bicyclic) bond motifs is 1. The van der Waals surface area contributed by atoms with Gasteiger partial charge in [0.1, 0.15) is 0 Å². The number of ether oxygens (including phenoxy) is 2. The van der Waals surface area contributed by atoms with Crippen LogP contribution < -0.4 is 15.2 Å². The molecule has 1 aliphatic rings. The van der Waals surface area contributed by atoms with Crippen LogP contribution in [0.25, 0.3) is 0 Å². The zero-order chi connectivity index (χ0) is 15.6. The minimum absolute atomic E-state index is 0.116. The predicted molar refractivity (Wildman–Crippen MR) is 86.1 cm³/mol. The second-order valence-electron chi connectivity index (χ2n) is 6.13. The van der Waals surface area contributed by atoms with Crippen molar-refractivity contribution in [2.45, 2.75) is 39.3 Å². The standard InChI is InChI=1S/C16H25ClN2O2/c1-10(2)5-11(3)19(4)14(8-18)12-6-13(17)16-15(7-12)20-9-21-16/h6-7,10-11,14H,5,8-9,18H2,1-4H3. The number of hydrogen-bond acceptors (Lipinski definition) is 4. The first kappa shape index (κ1) is 16.4. The van der Waals surface area contributed by atoms with E-state index in [0.717, 1.165) is 12.0 Å². The van der Waals surface area contributed by atoms with Gasteiger partial charge in [0.15, 0.2) is 11.5 Å². The summed E-state index contributed by atoms with van der Waals surface area (Å²) in [5.74, 6) is 2.00. The summed E-state index contributed by atoms with van der Waals surface area (Å²) in [6, 6.07) is 4.49. The molecule has 2 atom stereocenters. The lowest BCUT2D eigenvalue weighted by Gasteiger charge is -2.34. The van der Waals surface area contributed by atoms with E-state index in [4.69, 9.17) is 26.8 Å². The van der Waals surface area contributed by atoms with Crippen molar-refractivity contribution < 1.29 is 9.47 Å². The maximum atomic E-state index is 6.28. The fourth-order valence-electron chi connectivity index (χ4n) is 2.87. The molecule has 0 amide bonds. The van der Waals surface area contributed by atoms with Gasteiger partial charge in [0.25, 0.3) is 0 Å². The zero-order valence-electron chi connectivity index (χ0n) is 13.2. The molecule has 0 fully saturated rings. The SMILES string of the molecule is CC(C)CC(C)N(C)C(CN)c1cc(Cl)c2c(c1)OCO2. The summed E-state index contributed by atoms with van der Waals surface area (Å²) in [5, 5.41) is 0.586. The van der Waals surface area contributed by atoms with Crippen molar-refractivity contribution >= 4 is 11.6 Å². The molecule has 0 saturated heterocycles. The van der Waals surface area contributed by atoms with Gasteiger partial charge in [-0.25, -0.2) is 0 Å². The summed E-state index contributed by atoms with van der Waals surface area (Å²) in [4.78, 5) is 2.31. The van der Waals surface area contributed by atoms with Crippen molar-refractivity contribution in [2.24, 2.45) is 11.7 Å². The van der Waals surface area contributed by atoms with Gasteiger partial charge in [-0.3, -0.25) is 4.90 Å². The Kier molecular flexibility index (Phi) is 5.36. The number of nitrogens with two attached hydrogens (primary N) is 1. The van der Waals surface area contributed by atoms with Crippen molar-refractivity contribution in [3.05, 3.63) is 22.7 Å². The summed E-state index contributed by atoms with van der Waals surface area (Å²) in [6.07, 6.45) is 1.13. The van der Waals surface area contributed by atoms with Crippen LogP contribution in [0.4, 0.5) is 0 Å². The molecular formula is C16H25ClN2O2. The molecular weight excluding hydrogens is 288 g/mol. The van der Waals surface area contributed by atoms with Gasteiger partial charge in [-0.2, -0.15) is 0 Å². The molecule has 2 unspecified atom stereocenters. The first-order chi connectivity index (χ1) is 9.93. The normalized spacial score (nSPS) is 16.6. The lowest BCUT2D eigenvalue weighted by Crippen LogP contribution is -2.37. The highest BCUT2D eigenvalue weighted by Gasteiger charge is 2.25. The average Bonchev–Trinajstić information content (AvgIpc) is 2.87. The molecule has 0 bridgehead atoms. The molecule has 118 valence electrons. The number of nitrogens with zero attached hydrogens (tertiary/aromatic N) is 1. The largest absolute Gasteiger partial charge is 0.454 e. The van der Waals surface area contributed by atoms with Crippen LogP contribution in [-0.2, 0) is 0 Å². The fourth-order valence-corrected chi connectivity index (χ4v) is 3.15. The van der Waals surface area contributed by atoms with E-state index in [-0.39, 0.29) is 12.8 Å². The highest BCUT2D eigenvalue weighted by atomic mass is 35.5. The molecule has 0 spiro atoms. The molecule has 0 saturated carbocycles. The smallest absolute Gasteiger partial charge is 0.231 e. The topological polar surface area (TPSA) is 47.7 Å². The summed E-state index contributed by atoms with van der Waals surface area (Å²) in [7, 11) is 2.11. The molecule has 5 heteroatoms. The van der Waals surface area contributed by atoms with E-state index in [2.05, 4.69) is 32.7 Å². The van der Waals surface area contributed by atoms with E-state index >= 15 is 0 Å². The van der Waals surface area contributed by atoms with Gasteiger partial charge in [-0.15, -0.1) is 0 Å². The Morgan fingerprint density at radius 2 is 2.00 bits per heavy atom. The van der Waals surface area contributed by atoms with Crippen LogP contribution in [0, 0.1) is 5.92 Å². The van der Waals surface area contributed by atoms with Crippen molar-refractivity contribution in [2.75, 3.05) is 20.4 Å². The molecule has 2 N–H and O–H groups in total. The van der Waals surface area contributed by atoms with Crippen LogP contribution in [0.2, 0.25) is 5.02 Å². The third-order valence-corrected chi connectivity index (χ3v) is 4.34. The fraction of sp³-hybridized carbons (Fsp3) is 0.625. The van der Waals surface area contributed by atoms with E-state index in [1.54, 1.807) is 0 Å². The molecule has 21 heavy (non-hydrogen) atoms. The highest BCUT2D eigenvalue weighted by Crippen LogP contribution is 2.41. The van der Waals surface area contributed by atoms with Crippen LogP contribution in [0.1, 0.15) is 38.8 Å². The van der Waals surface area contributed by atoms with E-state index < -0.39 is 0 Å². The monoisotopic (exact) mass is 312 g/mol. The maximum absolute atomic E-state index is 6.28. The Labute approximate surface area is 132 Å². The lowest BCUT2D eigenvalue weighted by molar-refractivity contribution is 0.167. The van der Waals surface area contributed by atoms with Gasteiger partial charge in [0, 0.05) is 18.6 Å². The minimum Gasteiger partial charge on any atom is -0.454 e. The number of likely N-dealkylation sites (N-methyl/N-ethyl adjacent to an activating group) is 1. The zero-order valence-corrected chi connectivity index (χ0v) is 14.0. The van der Waals surface area contributed by atoms with Crippen LogP contribution in [0.15, 0.2) is 12.1 Å². The van der Waals surface area contributed by atoms with Gasteiger partial charge in [-0.1, -0.05) is 25.4 Å². The van der Waals surface area contributed by atoms with E-state index in [0.29, 0.717) is 35.0 Å². The molecule has 1 aliphatic heterocycles. The molecule has 0 radical (unpaired) electrons. The third kappa shape index (κ3) is 3.62. The first-order valence-electron chi connectivity index (χ1n) is 7.45. The minimum atomic E-state index is 0.116. The van der Waals surface area contributed by atoms with Crippen LogP contribution in [0.5, 0.6) is 11.5 Å². The van der Waals surface area contributed by atoms with Crippen LogP contribution in [-0.4, -0.2) is 31.3 Å². The summed E-state index contributed by atoms with van der Waals surface area (Å²) in [6.45, 7) is 7.47. The Morgan fingerprint density at radius 3 is 2.62 bits per heavy atom. The first-order valence-corrected chi connectivity index (χ1v) is 7.82. The second kappa shape index (κ2) is 6.86. The maximum Gasteiger partial charge on any atom is 0.231 e. The number of halogens is 1. The molecule has 2 rings (SSSR count). The number of benzene rings is 1. The van der Waals surface area contributed by atoms with E-state index in [9.17, 15) is 0 Å². The van der Waals surface area contributed by atoms with E-state index in [1.165, 1.54) is 0 Å². The predicted octanol–water partition coefficient (Wildman–Crippen LogP) is 3.43. The molecule has 1 aromatic rings. The summed E-state index contributed by atoms with van der Waals surface area (Å²) in [5.41, 5.74) is 7.09. The van der Waals surface area contributed by atoms with Crippen LogP contribution in [0.3, 0.4) is 0 Å². The Bertz CT molecular complexity index is 493. The number of hydrogen-bond donors (Lipinski definition) is 1. The van der Waals surface area contributed by atoms with Gasteiger partial charge < -0.3 is 15.2 Å². The van der Waals surface area contributed by atoms with Crippen molar-refractivity contribution in [1.82, 2.24) is 4.90 Å². The molecule has 1 aromatic carbocycles. The molecule has 0 aliphatic carbocycles. The second-order valence-corrected chi connectivity index (χ2v) is 6.54. The third-order valence-electron chi connectivity index (χ3n) is 4.06. The Hall–Kier alpha value is -0.970. The average molecular weight is 313 g/mol. The van der Waals surface area contributed by atoms with Crippen molar-refractivity contribution in [1.29, 1.82) is 0 Å². The Morgan fingerprint density at radius 1 is 1.29 bits per heavy atom. The van der Waals surface area contributed by atoms with Gasteiger partial charge in [0.05, 0.1) is 5.02 Å². The summed E-state index contributed by atoms with van der Waals surface area (Å²) < 4.78 is 10.8. The number of rotatable bonds is 6. The molecule has 4 nitrogen and oxygen atoms in total. The van der Waals surface area contributed by atoms with Gasteiger partial charge >= 0.3 is 0 Å². The summed E-state index contributed by atoms with van der Waals surface area (Å²) >= 11 is 6.28. The van der Waals surface area contributed by atoms with Crippen molar-refractivity contribution in [3.8, 4) is 11.5 Å². The van der Waals surface area contributed by atoms with E-state index in [1.807, 2.05) is 12.1 Å². The molecule has 1 heterocycles. The highest BCUT2D eigenvalue weighted by molar-refractivity contribution is 6.32. The quantitative estimate of drug-likeness (QED) is 0.874. The Balaban J connectivity index is 2.23.